The van der Waals surface area contributed by atoms with Gasteiger partial charge in [0.15, 0.2) is 0 Å². The minimum Gasteiger partial charge on any atom is -0.473 e. The predicted octanol–water partition coefficient (Wildman–Crippen LogP) is 2.22. The van der Waals surface area contributed by atoms with Gasteiger partial charge in [0.1, 0.15) is 0 Å². The molecule has 0 atom stereocenters. The summed E-state index contributed by atoms with van der Waals surface area (Å²) in [7, 11) is 0. The second-order valence-corrected chi connectivity index (χ2v) is 7.38. The Labute approximate surface area is 177 Å². The highest BCUT2D eigenvalue weighted by molar-refractivity contribution is 6.27. The Bertz CT molecular complexity index is 778. The number of rotatable bonds is 7. The van der Waals surface area contributed by atoms with Crippen molar-refractivity contribution in [1.82, 2.24) is 9.80 Å². The topological polar surface area (TPSA) is 107 Å². The van der Waals surface area contributed by atoms with Crippen LogP contribution in [-0.2, 0) is 22.4 Å². The number of carbonyl (C=O) groups is 2. The summed E-state index contributed by atoms with van der Waals surface area (Å²) in [4.78, 5) is 23.4. The Balaban J connectivity index is 0.000000469. The zero-order chi connectivity index (χ0) is 21.8. The maximum absolute atomic E-state index is 9.10. The Hall–Kier alpha value is -2.90. The van der Waals surface area contributed by atoms with Gasteiger partial charge in [0, 0.05) is 38.4 Å². The van der Waals surface area contributed by atoms with Crippen molar-refractivity contribution >= 4 is 17.6 Å². The molecule has 7 nitrogen and oxygen atoms in total. The number of nitrogen functional groups attached to an aromatic ring is 1. The van der Waals surface area contributed by atoms with E-state index < -0.39 is 11.9 Å². The first-order chi connectivity index (χ1) is 14.4. The fraction of sp³-hybridized carbons (Fsp3) is 0.391. The molecule has 0 bridgehead atoms. The molecule has 162 valence electrons. The van der Waals surface area contributed by atoms with Gasteiger partial charge in [-0.1, -0.05) is 42.5 Å². The number of piperazine rings is 1. The van der Waals surface area contributed by atoms with Gasteiger partial charge in [0.2, 0.25) is 0 Å². The Kier molecular flexibility index (Phi) is 9.83. The molecule has 2 aromatic carbocycles. The highest BCUT2D eigenvalue weighted by Gasteiger charge is 2.16. The van der Waals surface area contributed by atoms with Gasteiger partial charge in [-0.2, -0.15) is 0 Å². The van der Waals surface area contributed by atoms with E-state index in [1.807, 2.05) is 6.07 Å². The molecule has 0 saturated carbocycles. The molecule has 0 unspecified atom stereocenters. The number of aryl methyl sites for hydroxylation is 1. The first-order valence-corrected chi connectivity index (χ1v) is 10.2. The first kappa shape index (κ1) is 23.4. The minimum absolute atomic E-state index is 0.871. The summed E-state index contributed by atoms with van der Waals surface area (Å²) in [6.45, 7) is 7.14. The summed E-state index contributed by atoms with van der Waals surface area (Å²) in [6.07, 6.45) is 3.54. The van der Waals surface area contributed by atoms with Crippen LogP contribution in [-0.4, -0.2) is 71.2 Å². The van der Waals surface area contributed by atoms with Crippen LogP contribution >= 0.6 is 0 Å². The molecule has 0 aromatic heterocycles. The normalized spacial score (nSPS) is 14.5. The summed E-state index contributed by atoms with van der Waals surface area (Å²) >= 11 is 0. The first-order valence-electron chi connectivity index (χ1n) is 10.2. The van der Waals surface area contributed by atoms with Gasteiger partial charge < -0.3 is 25.7 Å². The van der Waals surface area contributed by atoms with E-state index >= 15 is 0 Å². The number of benzene rings is 2. The molecule has 0 spiro atoms. The van der Waals surface area contributed by atoms with E-state index in [0.29, 0.717) is 0 Å². The van der Waals surface area contributed by atoms with Crippen LogP contribution < -0.4 is 5.73 Å². The van der Waals surface area contributed by atoms with Gasteiger partial charge in [0.05, 0.1) is 0 Å². The van der Waals surface area contributed by atoms with E-state index in [0.717, 1.165) is 18.7 Å². The third-order valence-corrected chi connectivity index (χ3v) is 5.10. The lowest BCUT2D eigenvalue weighted by Gasteiger charge is -2.34. The molecule has 0 radical (unpaired) electrons. The maximum atomic E-state index is 9.10. The van der Waals surface area contributed by atoms with Crippen molar-refractivity contribution in [3.8, 4) is 0 Å². The average Bonchev–Trinajstić information content (AvgIpc) is 2.74. The van der Waals surface area contributed by atoms with Crippen molar-refractivity contribution in [1.29, 1.82) is 0 Å². The lowest BCUT2D eigenvalue weighted by Crippen LogP contribution is -2.47. The molecule has 0 amide bonds. The zero-order valence-corrected chi connectivity index (χ0v) is 17.2. The molecule has 30 heavy (non-hydrogen) atoms. The molecule has 1 fully saturated rings. The van der Waals surface area contributed by atoms with Crippen molar-refractivity contribution in [2.75, 3.05) is 45.0 Å². The summed E-state index contributed by atoms with van der Waals surface area (Å²) in [5.41, 5.74) is 9.53. The zero-order valence-electron chi connectivity index (χ0n) is 17.2. The molecule has 2 aromatic rings. The molecule has 7 heteroatoms. The molecule has 0 aliphatic carbocycles. The molecular weight excluding hydrogens is 382 g/mol. The number of hydrogen-bond donors (Lipinski definition) is 3. The van der Waals surface area contributed by atoms with Crippen LogP contribution in [0.1, 0.15) is 17.5 Å². The third-order valence-electron chi connectivity index (χ3n) is 5.10. The van der Waals surface area contributed by atoms with E-state index in [1.54, 1.807) is 0 Å². The molecule has 1 saturated heterocycles. The summed E-state index contributed by atoms with van der Waals surface area (Å²) < 4.78 is 0. The monoisotopic (exact) mass is 413 g/mol. The summed E-state index contributed by atoms with van der Waals surface area (Å²) in [5.74, 6) is -3.65. The van der Waals surface area contributed by atoms with E-state index in [9.17, 15) is 0 Å². The summed E-state index contributed by atoms with van der Waals surface area (Å²) in [6, 6.07) is 19.1. The van der Waals surface area contributed by atoms with Crippen LogP contribution in [0.3, 0.4) is 0 Å². The van der Waals surface area contributed by atoms with Gasteiger partial charge in [0.25, 0.3) is 0 Å². The minimum atomic E-state index is -1.82. The SMILES string of the molecule is Nc1cccc(CCN2CCN(CCCc3ccccc3)CC2)c1.O=C(O)C(=O)O. The van der Waals surface area contributed by atoms with Gasteiger partial charge in [-0.15, -0.1) is 0 Å². The van der Waals surface area contributed by atoms with Crippen molar-refractivity contribution in [3.63, 3.8) is 0 Å². The van der Waals surface area contributed by atoms with Gasteiger partial charge in [-0.05, 0) is 49.1 Å². The van der Waals surface area contributed by atoms with Crippen LogP contribution in [0.4, 0.5) is 5.69 Å². The number of nitrogens with zero attached hydrogens (tertiary/aromatic N) is 2. The van der Waals surface area contributed by atoms with Gasteiger partial charge in [-0.25, -0.2) is 9.59 Å². The quantitative estimate of drug-likeness (QED) is 0.472. The van der Waals surface area contributed by atoms with Gasteiger partial charge in [-0.3, -0.25) is 0 Å². The van der Waals surface area contributed by atoms with Crippen molar-refractivity contribution in [2.24, 2.45) is 0 Å². The molecule has 4 N–H and O–H groups in total. The second-order valence-electron chi connectivity index (χ2n) is 7.38. The number of hydrogen-bond acceptors (Lipinski definition) is 5. The van der Waals surface area contributed by atoms with Crippen molar-refractivity contribution < 1.29 is 19.8 Å². The summed E-state index contributed by atoms with van der Waals surface area (Å²) in [5, 5.41) is 14.8. The van der Waals surface area contributed by atoms with Crippen molar-refractivity contribution in [3.05, 3.63) is 65.7 Å². The lowest BCUT2D eigenvalue weighted by atomic mass is 10.1. The molecule has 1 heterocycles. The molecule has 1 aliphatic heterocycles. The second kappa shape index (κ2) is 12.6. The van der Waals surface area contributed by atoms with Crippen LogP contribution in [0.2, 0.25) is 0 Å². The highest BCUT2D eigenvalue weighted by Crippen LogP contribution is 2.10. The largest absolute Gasteiger partial charge is 0.473 e. The lowest BCUT2D eigenvalue weighted by molar-refractivity contribution is -0.159. The van der Waals surface area contributed by atoms with Crippen LogP contribution in [0.15, 0.2) is 54.6 Å². The third kappa shape index (κ3) is 9.07. The predicted molar refractivity (Wildman–Crippen MR) is 117 cm³/mol. The van der Waals surface area contributed by atoms with E-state index in [1.165, 1.54) is 56.7 Å². The van der Waals surface area contributed by atoms with Crippen molar-refractivity contribution in [2.45, 2.75) is 19.3 Å². The average molecular weight is 414 g/mol. The number of carboxylic acids is 2. The van der Waals surface area contributed by atoms with Gasteiger partial charge >= 0.3 is 11.9 Å². The fourth-order valence-electron chi connectivity index (χ4n) is 3.42. The highest BCUT2D eigenvalue weighted by atomic mass is 16.4. The standard InChI is InChI=1S/C21H29N3.C2H2O4/c22-21-10-4-8-20(18-21)11-13-24-16-14-23(15-17-24)12-5-9-19-6-2-1-3-7-19;3-1(4)2(5)6/h1-4,6-8,10,18H,5,9,11-17,22H2;(H,3,4)(H,5,6). The Morgan fingerprint density at radius 1 is 0.767 bits per heavy atom. The number of carboxylic acid groups (broad SMARTS) is 2. The Morgan fingerprint density at radius 3 is 1.90 bits per heavy atom. The maximum Gasteiger partial charge on any atom is 0.414 e. The smallest absolute Gasteiger partial charge is 0.414 e. The molecule has 1 aliphatic rings. The molecular formula is C23H31N3O4. The van der Waals surface area contributed by atoms with E-state index in [2.05, 4.69) is 58.3 Å². The van der Waals surface area contributed by atoms with Crippen LogP contribution in [0, 0.1) is 0 Å². The number of anilines is 1. The number of nitrogens with two attached hydrogens (primary N) is 1. The Morgan fingerprint density at radius 2 is 1.33 bits per heavy atom. The number of aliphatic carboxylic acids is 2. The molecule has 3 rings (SSSR count). The van der Waals surface area contributed by atoms with E-state index in [4.69, 9.17) is 25.5 Å². The van der Waals surface area contributed by atoms with Crippen LogP contribution in [0.25, 0.3) is 0 Å². The fourth-order valence-corrected chi connectivity index (χ4v) is 3.42. The van der Waals surface area contributed by atoms with E-state index in [-0.39, 0.29) is 0 Å². The van der Waals surface area contributed by atoms with Crippen LogP contribution in [0.5, 0.6) is 0 Å².